The minimum Gasteiger partial charge on any atom is -0.481 e. The Morgan fingerprint density at radius 2 is 1.91 bits per heavy atom. The Hall–Kier alpha value is -2.67. The average Bonchev–Trinajstić information content (AvgIpc) is 3.44. The van der Waals surface area contributed by atoms with Crippen LogP contribution in [0.1, 0.15) is 86.9 Å². The third-order valence-electron chi connectivity index (χ3n) is 6.56. The predicted molar refractivity (Wildman–Crippen MR) is 134 cm³/mol. The van der Waals surface area contributed by atoms with Gasteiger partial charge in [0.05, 0.1) is 11.0 Å². The summed E-state index contributed by atoms with van der Waals surface area (Å²) in [5, 5.41) is 14.2. The Labute approximate surface area is 200 Å². The van der Waals surface area contributed by atoms with Gasteiger partial charge in [0.2, 0.25) is 0 Å². The molecule has 2 N–H and O–H groups in total. The van der Waals surface area contributed by atoms with E-state index >= 15 is 0 Å². The van der Waals surface area contributed by atoms with Gasteiger partial charge in [-0.25, -0.2) is 4.98 Å². The van der Waals surface area contributed by atoms with Crippen LogP contribution < -0.4 is 5.32 Å². The summed E-state index contributed by atoms with van der Waals surface area (Å²) in [5.41, 5.74) is 2.44. The first-order chi connectivity index (χ1) is 15.9. The topological polar surface area (TPSA) is 84.2 Å². The fraction of sp³-hybridized carbons (Fsp3) is 0.500. The maximum Gasteiger partial charge on any atom is 0.303 e. The van der Waals surface area contributed by atoms with Gasteiger partial charge in [-0.2, -0.15) is 0 Å². The number of thiophene rings is 1. The standard InChI is InChI=1S/C26H35N3O3S/c1-5-17(4)21(11-13-25(30)31)28-26(32)18-10-12-23-22(15-18)27-24(16-20-9-8-14-33-20)29(23)19(6-2)7-3/h8-10,12,14-15,17,19,21H,5-7,11,13,16H2,1-4H3,(H,28,32)(H,30,31)/t17?,21-/m1/s1. The molecule has 0 radical (unpaired) electrons. The van der Waals surface area contributed by atoms with Gasteiger partial charge >= 0.3 is 5.97 Å². The molecule has 0 aliphatic carbocycles. The van der Waals surface area contributed by atoms with E-state index < -0.39 is 5.97 Å². The van der Waals surface area contributed by atoms with Gasteiger partial charge in [-0.05, 0) is 54.8 Å². The second-order valence-electron chi connectivity index (χ2n) is 8.73. The smallest absolute Gasteiger partial charge is 0.303 e. The van der Waals surface area contributed by atoms with Gasteiger partial charge < -0.3 is 15.0 Å². The number of amides is 1. The number of imidazole rings is 1. The van der Waals surface area contributed by atoms with Crippen LogP contribution in [0.4, 0.5) is 0 Å². The van der Waals surface area contributed by atoms with Crippen LogP contribution in [0.5, 0.6) is 0 Å². The fourth-order valence-electron chi connectivity index (χ4n) is 4.36. The van der Waals surface area contributed by atoms with Crippen molar-refractivity contribution in [3.63, 3.8) is 0 Å². The molecule has 1 aromatic carbocycles. The Morgan fingerprint density at radius 1 is 1.15 bits per heavy atom. The Bertz CT molecular complexity index is 1070. The summed E-state index contributed by atoms with van der Waals surface area (Å²) in [5.74, 6) is 0.204. The Balaban J connectivity index is 1.91. The molecule has 1 amide bonds. The van der Waals surface area contributed by atoms with E-state index in [0.717, 1.165) is 42.5 Å². The number of nitrogens with one attached hydrogen (secondary N) is 1. The first kappa shape index (κ1) is 25.0. The SMILES string of the molecule is CCC(C)[C@@H](CCC(=O)O)NC(=O)c1ccc2c(c1)nc(Cc1cccs1)n2C(CC)CC. The lowest BCUT2D eigenvalue weighted by atomic mass is 9.94. The molecule has 0 fully saturated rings. The normalized spacial score (nSPS) is 13.4. The molecule has 6 nitrogen and oxygen atoms in total. The zero-order valence-corrected chi connectivity index (χ0v) is 20.8. The highest BCUT2D eigenvalue weighted by molar-refractivity contribution is 7.09. The molecule has 1 unspecified atom stereocenters. The quantitative estimate of drug-likeness (QED) is 0.338. The van der Waals surface area contributed by atoms with Gasteiger partial charge in [0.25, 0.3) is 5.91 Å². The maximum absolute atomic E-state index is 13.1. The number of hydrogen-bond acceptors (Lipinski definition) is 4. The van der Waals surface area contributed by atoms with Crippen LogP contribution in [0, 0.1) is 5.92 Å². The first-order valence-corrected chi connectivity index (χ1v) is 12.8. The number of aromatic nitrogens is 2. The van der Waals surface area contributed by atoms with Crippen molar-refractivity contribution >= 4 is 34.2 Å². The summed E-state index contributed by atoms with van der Waals surface area (Å²) in [6.07, 6.45) is 4.14. The molecule has 0 spiro atoms. The number of fused-ring (bicyclic) bond motifs is 1. The number of benzene rings is 1. The molecule has 0 aliphatic rings. The van der Waals surface area contributed by atoms with E-state index in [1.54, 1.807) is 11.3 Å². The highest BCUT2D eigenvalue weighted by Crippen LogP contribution is 2.28. The maximum atomic E-state index is 13.1. The van der Waals surface area contributed by atoms with Crippen molar-refractivity contribution in [2.45, 2.75) is 78.3 Å². The zero-order chi connectivity index (χ0) is 24.0. The van der Waals surface area contributed by atoms with Crippen LogP contribution in [-0.4, -0.2) is 32.6 Å². The molecular formula is C26H35N3O3S. The van der Waals surface area contributed by atoms with Crippen molar-refractivity contribution in [3.8, 4) is 0 Å². The molecule has 2 atom stereocenters. The second kappa shape index (κ2) is 11.5. The predicted octanol–water partition coefficient (Wildman–Crippen LogP) is 6.06. The van der Waals surface area contributed by atoms with Gasteiger partial charge in [-0.1, -0.05) is 40.2 Å². The molecule has 178 valence electrons. The number of carboxylic acids is 1. The number of aliphatic carboxylic acids is 1. The monoisotopic (exact) mass is 469 g/mol. The van der Waals surface area contributed by atoms with Crippen LogP contribution >= 0.6 is 11.3 Å². The van der Waals surface area contributed by atoms with E-state index in [1.807, 2.05) is 25.1 Å². The van der Waals surface area contributed by atoms with Gasteiger partial charge in [-0.3, -0.25) is 9.59 Å². The summed E-state index contributed by atoms with van der Waals surface area (Å²) < 4.78 is 2.34. The summed E-state index contributed by atoms with van der Waals surface area (Å²) in [6.45, 7) is 8.49. The summed E-state index contributed by atoms with van der Waals surface area (Å²) >= 11 is 1.73. The molecule has 0 saturated heterocycles. The third kappa shape index (κ3) is 6.02. The van der Waals surface area contributed by atoms with Gasteiger partial charge in [-0.15, -0.1) is 11.3 Å². The van der Waals surface area contributed by atoms with E-state index in [2.05, 4.69) is 48.2 Å². The van der Waals surface area contributed by atoms with Crippen molar-refractivity contribution in [3.05, 3.63) is 52.0 Å². The highest BCUT2D eigenvalue weighted by atomic mass is 32.1. The molecule has 0 bridgehead atoms. The molecule has 7 heteroatoms. The minimum atomic E-state index is -0.843. The number of rotatable bonds is 12. The summed E-state index contributed by atoms with van der Waals surface area (Å²) in [4.78, 5) is 30.3. The molecule has 3 aromatic rings. The summed E-state index contributed by atoms with van der Waals surface area (Å²) in [6, 6.07) is 10.1. The van der Waals surface area contributed by atoms with Crippen molar-refractivity contribution < 1.29 is 14.7 Å². The fourth-order valence-corrected chi connectivity index (χ4v) is 5.06. The van der Waals surface area contributed by atoms with Gasteiger partial charge in [0, 0.05) is 35.4 Å². The second-order valence-corrected chi connectivity index (χ2v) is 9.76. The Kier molecular flexibility index (Phi) is 8.67. The number of carbonyl (C=O) groups is 2. The van der Waals surface area contributed by atoms with Crippen LogP contribution in [-0.2, 0) is 11.2 Å². The van der Waals surface area contributed by atoms with Crippen molar-refractivity contribution in [2.24, 2.45) is 5.92 Å². The summed E-state index contributed by atoms with van der Waals surface area (Å²) in [7, 11) is 0. The minimum absolute atomic E-state index is 0.0419. The Morgan fingerprint density at radius 3 is 2.52 bits per heavy atom. The lowest BCUT2D eigenvalue weighted by Gasteiger charge is -2.24. The first-order valence-electron chi connectivity index (χ1n) is 11.9. The van der Waals surface area contributed by atoms with Crippen LogP contribution in [0.3, 0.4) is 0 Å². The molecule has 3 rings (SSSR count). The largest absolute Gasteiger partial charge is 0.481 e. The molecule has 0 aliphatic heterocycles. The van der Waals surface area contributed by atoms with E-state index in [-0.39, 0.29) is 24.3 Å². The van der Waals surface area contributed by atoms with Crippen molar-refractivity contribution in [2.75, 3.05) is 0 Å². The highest BCUT2D eigenvalue weighted by Gasteiger charge is 2.22. The van der Waals surface area contributed by atoms with E-state index in [4.69, 9.17) is 10.1 Å². The van der Waals surface area contributed by atoms with Crippen LogP contribution in [0.2, 0.25) is 0 Å². The van der Waals surface area contributed by atoms with E-state index in [9.17, 15) is 9.59 Å². The van der Waals surface area contributed by atoms with Crippen LogP contribution in [0.25, 0.3) is 11.0 Å². The zero-order valence-electron chi connectivity index (χ0n) is 20.0. The average molecular weight is 470 g/mol. The number of hydrogen-bond donors (Lipinski definition) is 2. The molecule has 33 heavy (non-hydrogen) atoms. The van der Waals surface area contributed by atoms with Crippen LogP contribution in [0.15, 0.2) is 35.7 Å². The van der Waals surface area contributed by atoms with E-state index in [0.29, 0.717) is 18.0 Å². The van der Waals surface area contributed by atoms with E-state index in [1.165, 1.54) is 4.88 Å². The molecule has 2 aromatic heterocycles. The number of carboxylic acid groups (broad SMARTS) is 1. The molecule has 0 saturated carbocycles. The molecular weight excluding hydrogens is 434 g/mol. The van der Waals surface area contributed by atoms with Crippen molar-refractivity contribution in [1.29, 1.82) is 0 Å². The third-order valence-corrected chi connectivity index (χ3v) is 7.44. The van der Waals surface area contributed by atoms with Gasteiger partial charge in [0.1, 0.15) is 5.82 Å². The number of nitrogens with zero attached hydrogens (tertiary/aromatic N) is 2. The lowest BCUT2D eigenvalue weighted by molar-refractivity contribution is -0.137. The number of carbonyl (C=O) groups excluding carboxylic acids is 1. The van der Waals surface area contributed by atoms with Crippen molar-refractivity contribution in [1.82, 2.24) is 14.9 Å². The van der Waals surface area contributed by atoms with Gasteiger partial charge in [0.15, 0.2) is 0 Å². The molecule has 2 heterocycles. The lowest BCUT2D eigenvalue weighted by Crippen LogP contribution is -2.39.